The molecule has 0 aromatic rings. The van der Waals surface area contributed by atoms with Gasteiger partial charge in [0.1, 0.15) is 0 Å². The Morgan fingerprint density at radius 2 is 1.00 bits per heavy atom. The summed E-state index contributed by atoms with van der Waals surface area (Å²) in [6.07, 6.45) is 5.24. The summed E-state index contributed by atoms with van der Waals surface area (Å²) in [6.45, 7) is 0.0493. The standard InChI is InChI=1S/C18H20N2O8Se2/c21-13-1-2-14(22)19(13)7-9-27-17(25)5-11-29-30-12-6-18(26)28-10-8-20-15(23)3-4-16(20)24/h1-4H,5-12H2. The van der Waals surface area contributed by atoms with E-state index in [2.05, 4.69) is 0 Å². The van der Waals surface area contributed by atoms with E-state index < -0.39 is 23.6 Å². The van der Waals surface area contributed by atoms with Gasteiger partial charge in [0, 0.05) is 0 Å². The van der Waals surface area contributed by atoms with Crippen LogP contribution in [0.5, 0.6) is 0 Å². The molecule has 2 heterocycles. The molecular formula is C18H20N2O8Se2. The third-order valence-electron chi connectivity index (χ3n) is 3.82. The summed E-state index contributed by atoms with van der Waals surface area (Å²) >= 11 is 0.467. The second-order valence-electron chi connectivity index (χ2n) is 5.91. The fourth-order valence-electron chi connectivity index (χ4n) is 2.32. The van der Waals surface area contributed by atoms with Crippen LogP contribution in [0.4, 0.5) is 0 Å². The van der Waals surface area contributed by atoms with Gasteiger partial charge < -0.3 is 0 Å². The van der Waals surface area contributed by atoms with Crippen molar-refractivity contribution < 1.29 is 38.2 Å². The maximum atomic E-state index is 11.7. The quantitative estimate of drug-likeness (QED) is 0.122. The fraction of sp³-hybridized carbons (Fsp3) is 0.444. The van der Waals surface area contributed by atoms with Gasteiger partial charge in [0.05, 0.1) is 0 Å². The Bertz CT molecular complexity index is 680. The first kappa shape index (κ1) is 24.0. The zero-order valence-electron chi connectivity index (χ0n) is 15.9. The van der Waals surface area contributed by atoms with Crippen molar-refractivity contribution in [1.29, 1.82) is 0 Å². The Morgan fingerprint density at radius 1 is 0.667 bits per heavy atom. The SMILES string of the molecule is O=C(CC[Se][Se]CCC(=O)OCCN1C(=O)C=CC1=O)OCCN1C(=O)C=CC1=O. The zero-order chi connectivity index (χ0) is 21.9. The van der Waals surface area contributed by atoms with Crippen molar-refractivity contribution in [2.45, 2.75) is 23.5 Å². The van der Waals surface area contributed by atoms with E-state index >= 15 is 0 Å². The second-order valence-corrected chi connectivity index (χ2v) is 13.7. The molecule has 0 aliphatic carbocycles. The average molecular weight is 550 g/mol. The first-order valence-corrected chi connectivity index (χ1v) is 15.8. The number of imide groups is 2. The van der Waals surface area contributed by atoms with E-state index in [1.54, 1.807) is 0 Å². The number of esters is 2. The molecule has 0 spiro atoms. The van der Waals surface area contributed by atoms with E-state index in [0.717, 1.165) is 9.80 Å². The molecule has 2 aliphatic heterocycles. The third kappa shape index (κ3) is 7.87. The number of nitrogens with zero attached hydrogens (tertiary/aromatic N) is 2. The van der Waals surface area contributed by atoms with E-state index in [-0.39, 0.29) is 77.3 Å². The molecule has 0 aromatic heterocycles. The van der Waals surface area contributed by atoms with Crippen LogP contribution in [0.1, 0.15) is 12.8 Å². The molecule has 2 rings (SSSR count). The van der Waals surface area contributed by atoms with E-state index in [1.807, 2.05) is 0 Å². The molecule has 0 aromatic carbocycles. The molecule has 4 amide bonds. The Hall–Kier alpha value is -2.26. The minimum absolute atomic E-state index is 0.0212. The monoisotopic (exact) mass is 552 g/mol. The van der Waals surface area contributed by atoms with Crippen molar-refractivity contribution in [3.63, 3.8) is 0 Å². The van der Waals surface area contributed by atoms with E-state index in [9.17, 15) is 28.8 Å². The number of hydrogen-bond acceptors (Lipinski definition) is 8. The molecule has 0 saturated heterocycles. The summed E-state index contributed by atoms with van der Waals surface area (Å²) in [5.41, 5.74) is 0. The summed E-state index contributed by atoms with van der Waals surface area (Å²) < 4.78 is 10.0. The van der Waals surface area contributed by atoms with Crippen molar-refractivity contribution in [2.75, 3.05) is 26.3 Å². The number of rotatable bonds is 13. The van der Waals surface area contributed by atoms with Crippen LogP contribution in [0.25, 0.3) is 0 Å². The van der Waals surface area contributed by atoms with Crippen LogP contribution in [-0.2, 0) is 38.2 Å². The number of carbonyl (C=O) groups excluding carboxylic acids is 6. The summed E-state index contributed by atoms with van der Waals surface area (Å²) in [6, 6.07) is 0. The molecule has 0 bridgehead atoms. The second kappa shape index (κ2) is 12.4. The molecule has 10 nitrogen and oxygen atoms in total. The summed E-state index contributed by atoms with van der Waals surface area (Å²) in [7, 11) is 0. The summed E-state index contributed by atoms with van der Waals surface area (Å²) in [5.74, 6) is -2.38. The Balaban J connectivity index is 1.42. The van der Waals surface area contributed by atoms with Gasteiger partial charge >= 0.3 is 184 Å². The van der Waals surface area contributed by atoms with Gasteiger partial charge in [-0.2, -0.15) is 0 Å². The molecule has 0 N–H and O–H groups in total. The van der Waals surface area contributed by atoms with Crippen molar-refractivity contribution in [3.8, 4) is 0 Å². The number of carbonyl (C=O) groups is 6. The van der Waals surface area contributed by atoms with Gasteiger partial charge in [-0.3, -0.25) is 0 Å². The van der Waals surface area contributed by atoms with Crippen LogP contribution >= 0.6 is 0 Å². The molecular weight excluding hydrogens is 530 g/mol. The van der Waals surface area contributed by atoms with Gasteiger partial charge in [-0.15, -0.1) is 0 Å². The van der Waals surface area contributed by atoms with Crippen molar-refractivity contribution in [1.82, 2.24) is 9.80 Å². The third-order valence-corrected chi connectivity index (χ3v) is 11.2. The first-order valence-electron chi connectivity index (χ1n) is 9.01. The van der Waals surface area contributed by atoms with Crippen LogP contribution in [0, 0.1) is 0 Å². The zero-order valence-corrected chi connectivity index (χ0v) is 19.4. The van der Waals surface area contributed by atoms with Crippen LogP contribution in [-0.4, -0.2) is 97.9 Å². The Morgan fingerprint density at radius 3 is 1.33 bits per heavy atom. The normalized spacial score (nSPS) is 15.5. The number of hydrogen-bond donors (Lipinski definition) is 0. The van der Waals surface area contributed by atoms with E-state index in [1.165, 1.54) is 24.3 Å². The number of ether oxygens (including phenoxy) is 2. The summed E-state index contributed by atoms with van der Waals surface area (Å²) in [4.78, 5) is 70.7. The molecule has 0 saturated carbocycles. The molecule has 12 heteroatoms. The molecule has 2 aliphatic rings. The van der Waals surface area contributed by atoms with E-state index in [0.29, 0.717) is 10.6 Å². The minimum atomic E-state index is -0.407. The number of amides is 4. The molecule has 0 fully saturated rings. The van der Waals surface area contributed by atoms with Crippen molar-refractivity contribution in [3.05, 3.63) is 24.3 Å². The van der Waals surface area contributed by atoms with Crippen LogP contribution in [0.15, 0.2) is 24.3 Å². The van der Waals surface area contributed by atoms with Crippen molar-refractivity contribution >= 4 is 61.8 Å². The predicted molar refractivity (Wildman–Crippen MR) is 104 cm³/mol. The fourth-order valence-corrected chi connectivity index (χ4v) is 8.25. The molecule has 0 atom stereocenters. The van der Waals surface area contributed by atoms with Crippen LogP contribution in [0.2, 0.25) is 10.6 Å². The first-order chi connectivity index (χ1) is 14.4. The van der Waals surface area contributed by atoms with Gasteiger partial charge in [-0.25, -0.2) is 0 Å². The molecule has 30 heavy (non-hydrogen) atoms. The van der Waals surface area contributed by atoms with Gasteiger partial charge in [0.2, 0.25) is 0 Å². The maximum absolute atomic E-state index is 11.7. The van der Waals surface area contributed by atoms with Gasteiger partial charge in [0.25, 0.3) is 0 Å². The van der Waals surface area contributed by atoms with Crippen molar-refractivity contribution in [2.24, 2.45) is 0 Å². The van der Waals surface area contributed by atoms with Gasteiger partial charge in [-0.05, 0) is 0 Å². The van der Waals surface area contributed by atoms with E-state index in [4.69, 9.17) is 9.47 Å². The Labute approximate surface area is 183 Å². The van der Waals surface area contributed by atoms with Gasteiger partial charge in [-0.1, -0.05) is 0 Å². The predicted octanol–water partition coefficient (Wildman–Crippen LogP) is -1.14. The van der Waals surface area contributed by atoms with Crippen LogP contribution in [0.3, 0.4) is 0 Å². The molecule has 0 unspecified atom stereocenters. The topological polar surface area (TPSA) is 127 Å². The molecule has 0 radical (unpaired) electrons. The summed E-state index contributed by atoms with van der Waals surface area (Å²) in [5, 5.41) is 1.38. The van der Waals surface area contributed by atoms with Gasteiger partial charge in [0.15, 0.2) is 0 Å². The molecule has 162 valence electrons. The Kier molecular flexibility index (Phi) is 9.96. The average Bonchev–Trinajstić information content (AvgIpc) is 3.20. The van der Waals surface area contributed by atoms with Crippen LogP contribution < -0.4 is 0 Å².